The smallest absolute Gasteiger partial charge is 0.0721 e. The van der Waals surface area contributed by atoms with Gasteiger partial charge in [0.15, 0.2) is 0 Å². The van der Waals surface area contributed by atoms with E-state index in [4.69, 9.17) is 9.84 Å². The van der Waals surface area contributed by atoms with Gasteiger partial charge in [-0.1, -0.05) is 24.3 Å². The highest BCUT2D eigenvalue weighted by molar-refractivity contribution is 5.26. The summed E-state index contributed by atoms with van der Waals surface area (Å²) in [6, 6.07) is 8.65. The topological polar surface area (TPSA) is 29.5 Å². The molecule has 2 heteroatoms. The molecule has 1 N–H and O–H groups in total. The first kappa shape index (κ1) is 11.6. The Morgan fingerprint density at radius 1 is 1.31 bits per heavy atom. The van der Waals surface area contributed by atoms with Crippen molar-refractivity contribution < 1.29 is 9.84 Å². The van der Waals surface area contributed by atoms with E-state index in [-0.39, 0.29) is 12.2 Å². The van der Waals surface area contributed by atoms with Crippen molar-refractivity contribution in [2.24, 2.45) is 0 Å². The molecule has 1 aromatic carbocycles. The molecule has 0 bridgehead atoms. The molecule has 1 saturated carbocycles. The summed E-state index contributed by atoms with van der Waals surface area (Å²) >= 11 is 0. The van der Waals surface area contributed by atoms with E-state index < -0.39 is 0 Å². The van der Waals surface area contributed by atoms with Crippen LogP contribution in [-0.2, 0) is 17.6 Å². The Bertz CT molecular complexity index is 342. The molecule has 1 aliphatic rings. The second kappa shape index (κ2) is 4.98. The Hall–Kier alpha value is -0.860. The van der Waals surface area contributed by atoms with Crippen molar-refractivity contribution in [2.45, 2.75) is 37.7 Å². The van der Waals surface area contributed by atoms with Gasteiger partial charge in [0.25, 0.3) is 0 Å². The molecule has 0 heterocycles. The van der Waals surface area contributed by atoms with Crippen LogP contribution in [0.2, 0.25) is 0 Å². The van der Waals surface area contributed by atoms with Crippen LogP contribution in [-0.4, -0.2) is 24.4 Å². The van der Waals surface area contributed by atoms with E-state index in [1.165, 1.54) is 24.0 Å². The fourth-order valence-corrected chi connectivity index (χ4v) is 2.14. The van der Waals surface area contributed by atoms with Gasteiger partial charge in [-0.15, -0.1) is 0 Å². The average molecular weight is 220 g/mol. The second-order valence-corrected chi connectivity index (χ2v) is 4.71. The maximum Gasteiger partial charge on any atom is 0.0721 e. The Morgan fingerprint density at radius 2 is 2.06 bits per heavy atom. The number of methoxy groups -OCH3 is 1. The van der Waals surface area contributed by atoms with E-state index >= 15 is 0 Å². The minimum absolute atomic E-state index is 0.135. The van der Waals surface area contributed by atoms with Gasteiger partial charge in [-0.2, -0.15) is 0 Å². The Morgan fingerprint density at radius 3 is 2.69 bits per heavy atom. The lowest BCUT2D eigenvalue weighted by molar-refractivity contribution is 0.0807. The molecule has 0 unspecified atom stereocenters. The highest BCUT2D eigenvalue weighted by Gasteiger charge is 2.42. The second-order valence-electron chi connectivity index (χ2n) is 4.71. The molecular formula is C14H20O2. The zero-order chi connectivity index (χ0) is 11.4. The summed E-state index contributed by atoms with van der Waals surface area (Å²) in [7, 11) is 1.81. The Kier molecular flexibility index (Phi) is 3.62. The van der Waals surface area contributed by atoms with E-state index in [1.54, 1.807) is 0 Å². The van der Waals surface area contributed by atoms with Crippen molar-refractivity contribution in [2.75, 3.05) is 13.7 Å². The summed E-state index contributed by atoms with van der Waals surface area (Å²) in [5, 5.41) is 8.81. The molecule has 16 heavy (non-hydrogen) atoms. The van der Waals surface area contributed by atoms with Gasteiger partial charge in [0.1, 0.15) is 0 Å². The summed E-state index contributed by atoms with van der Waals surface area (Å²) < 4.78 is 5.53. The van der Waals surface area contributed by atoms with E-state index in [1.807, 2.05) is 7.11 Å². The van der Waals surface area contributed by atoms with Crippen molar-refractivity contribution in [1.29, 1.82) is 0 Å². The van der Waals surface area contributed by atoms with Crippen LogP contribution in [0.1, 0.15) is 30.4 Å². The minimum Gasteiger partial charge on any atom is -0.396 e. The monoisotopic (exact) mass is 220 g/mol. The van der Waals surface area contributed by atoms with Gasteiger partial charge in [0, 0.05) is 20.1 Å². The summed E-state index contributed by atoms with van der Waals surface area (Å²) in [6.07, 6.45) is 5.20. The van der Waals surface area contributed by atoms with Gasteiger partial charge in [-0.25, -0.2) is 0 Å². The lowest BCUT2D eigenvalue weighted by Gasteiger charge is -2.13. The number of hydrogen-bond acceptors (Lipinski definition) is 2. The van der Waals surface area contributed by atoms with E-state index in [0.717, 1.165) is 19.3 Å². The summed E-state index contributed by atoms with van der Waals surface area (Å²) in [5.74, 6) is 0. The van der Waals surface area contributed by atoms with Crippen molar-refractivity contribution >= 4 is 0 Å². The summed E-state index contributed by atoms with van der Waals surface area (Å²) in [6.45, 7) is 0.270. The first-order chi connectivity index (χ1) is 7.78. The first-order valence-corrected chi connectivity index (χ1v) is 6.02. The van der Waals surface area contributed by atoms with Gasteiger partial charge >= 0.3 is 0 Å². The standard InChI is InChI=1S/C14H20O2/c1-16-14(7-8-14)11-13-5-2-4-12(10-13)6-3-9-15/h2,4-5,10,15H,3,6-9,11H2,1H3. The molecule has 2 rings (SSSR count). The number of hydrogen-bond donors (Lipinski definition) is 1. The Labute approximate surface area is 97.3 Å². The molecule has 0 saturated heterocycles. The van der Waals surface area contributed by atoms with Crippen LogP contribution in [0.15, 0.2) is 24.3 Å². The van der Waals surface area contributed by atoms with Crippen molar-refractivity contribution in [3.63, 3.8) is 0 Å². The van der Waals surface area contributed by atoms with Crippen LogP contribution in [0.4, 0.5) is 0 Å². The molecule has 88 valence electrons. The maximum absolute atomic E-state index is 8.81. The van der Waals surface area contributed by atoms with E-state index in [9.17, 15) is 0 Å². The fourth-order valence-electron chi connectivity index (χ4n) is 2.14. The molecule has 2 nitrogen and oxygen atoms in total. The number of rotatable bonds is 6. The highest BCUT2D eigenvalue weighted by atomic mass is 16.5. The summed E-state index contributed by atoms with van der Waals surface area (Å²) in [5.41, 5.74) is 2.81. The molecule has 0 amide bonds. The Balaban J connectivity index is 1.99. The lowest BCUT2D eigenvalue weighted by Crippen LogP contribution is -2.14. The zero-order valence-electron chi connectivity index (χ0n) is 9.91. The number of aliphatic hydroxyl groups is 1. The van der Waals surface area contributed by atoms with Crippen molar-refractivity contribution in [3.05, 3.63) is 35.4 Å². The van der Waals surface area contributed by atoms with Crippen molar-refractivity contribution in [3.8, 4) is 0 Å². The van der Waals surface area contributed by atoms with Gasteiger partial charge in [-0.05, 0) is 36.8 Å². The van der Waals surface area contributed by atoms with Crippen LogP contribution in [0, 0.1) is 0 Å². The molecule has 0 radical (unpaired) electrons. The van der Waals surface area contributed by atoms with Gasteiger partial charge in [0.2, 0.25) is 0 Å². The highest BCUT2D eigenvalue weighted by Crippen LogP contribution is 2.41. The molecule has 0 aromatic heterocycles. The van der Waals surface area contributed by atoms with Crippen LogP contribution in [0.5, 0.6) is 0 Å². The van der Waals surface area contributed by atoms with Crippen LogP contribution in [0.3, 0.4) is 0 Å². The van der Waals surface area contributed by atoms with Gasteiger partial charge < -0.3 is 9.84 Å². The maximum atomic E-state index is 8.81. The van der Waals surface area contributed by atoms with Crippen LogP contribution < -0.4 is 0 Å². The van der Waals surface area contributed by atoms with Crippen LogP contribution >= 0.6 is 0 Å². The SMILES string of the molecule is COC1(Cc2cccc(CCCO)c2)CC1. The largest absolute Gasteiger partial charge is 0.396 e. The third kappa shape index (κ3) is 2.83. The normalized spacial score (nSPS) is 17.4. The lowest BCUT2D eigenvalue weighted by atomic mass is 10.0. The molecule has 0 atom stereocenters. The van der Waals surface area contributed by atoms with E-state index in [0.29, 0.717) is 0 Å². The molecule has 1 aliphatic carbocycles. The number of aryl methyl sites for hydroxylation is 1. The first-order valence-electron chi connectivity index (χ1n) is 6.02. The fraction of sp³-hybridized carbons (Fsp3) is 0.571. The van der Waals surface area contributed by atoms with Gasteiger partial charge in [0.05, 0.1) is 5.60 Å². The minimum atomic E-state index is 0.135. The molecule has 0 spiro atoms. The predicted molar refractivity (Wildman–Crippen MR) is 64.5 cm³/mol. The quantitative estimate of drug-likeness (QED) is 0.797. The molecule has 1 aromatic rings. The third-order valence-electron chi connectivity index (χ3n) is 3.38. The van der Waals surface area contributed by atoms with Crippen LogP contribution in [0.25, 0.3) is 0 Å². The van der Waals surface area contributed by atoms with Crippen molar-refractivity contribution in [1.82, 2.24) is 0 Å². The summed E-state index contributed by atoms with van der Waals surface area (Å²) in [4.78, 5) is 0. The predicted octanol–water partition coefficient (Wildman–Crippen LogP) is 2.33. The third-order valence-corrected chi connectivity index (χ3v) is 3.38. The van der Waals surface area contributed by atoms with E-state index in [2.05, 4.69) is 24.3 Å². The zero-order valence-corrected chi connectivity index (χ0v) is 9.91. The number of aliphatic hydroxyl groups excluding tert-OH is 1. The molecule has 0 aliphatic heterocycles. The van der Waals surface area contributed by atoms with Gasteiger partial charge in [-0.3, -0.25) is 0 Å². The molecule has 1 fully saturated rings. The number of benzene rings is 1. The average Bonchev–Trinajstić information content (AvgIpc) is 3.07. The molecular weight excluding hydrogens is 200 g/mol. The number of ether oxygens (including phenoxy) is 1.